The molecule has 1 heterocycles. The lowest BCUT2D eigenvalue weighted by atomic mass is 9.63. The zero-order valence-electron chi connectivity index (χ0n) is 16.5. The highest BCUT2D eigenvalue weighted by Crippen LogP contribution is 2.43. The Bertz CT molecular complexity index is 938. The second-order valence-corrected chi connectivity index (χ2v) is 7.94. The van der Waals surface area contributed by atoms with Crippen molar-refractivity contribution in [2.24, 2.45) is 4.99 Å². The molecular weight excluding hydrogens is 355 g/mol. The monoisotopic (exact) mass is 380 g/mol. The number of rotatable bonds is 4. The minimum Gasteiger partial charge on any atom is -0.497 e. The van der Waals surface area contributed by atoms with Gasteiger partial charge in [0.2, 0.25) is 0 Å². The van der Waals surface area contributed by atoms with Gasteiger partial charge in [-0.3, -0.25) is 14.7 Å². The lowest BCUT2D eigenvalue weighted by Gasteiger charge is -2.50. The number of benzene rings is 2. The summed E-state index contributed by atoms with van der Waals surface area (Å²) in [5, 5.41) is 0. The molecule has 2 aliphatic rings. The maximum atomic E-state index is 13.1. The predicted octanol–water partition coefficient (Wildman–Crippen LogP) is 3.68. The third-order valence-corrected chi connectivity index (χ3v) is 6.26. The van der Waals surface area contributed by atoms with Gasteiger partial charge < -0.3 is 4.74 Å². The molecule has 1 fully saturated rings. The van der Waals surface area contributed by atoms with E-state index in [0.29, 0.717) is 5.56 Å². The van der Waals surface area contributed by atoms with Crippen molar-refractivity contribution >= 4 is 11.5 Å². The fourth-order valence-corrected chi connectivity index (χ4v) is 4.53. The molecule has 0 amide bonds. The molecule has 1 aliphatic heterocycles. The number of likely N-dealkylation sites (tertiary alicyclic amines) is 1. The van der Waals surface area contributed by atoms with Crippen LogP contribution in [0.25, 0.3) is 0 Å². The van der Waals surface area contributed by atoms with Crippen LogP contribution in [0.3, 0.4) is 0 Å². The molecule has 2 atom stereocenters. The third kappa shape index (κ3) is 3.14. The van der Waals surface area contributed by atoms with Gasteiger partial charge in [-0.1, -0.05) is 13.0 Å². The van der Waals surface area contributed by atoms with Crippen LogP contribution in [0.15, 0.2) is 47.5 Å². The lowest BCUT2D eigenvalue weighted by Crippen LogP contribution is -2.58. The van der Waals surface area contributed by atoms with E-state index in [1.165, 1.54) is 35.4 Å². The molecule has 2 unspecified atom stereocenters. The van der Waals surface area contributed by atoms with Crippen LogP contribution in [0.1, 0.15) is 34.8 Å². The van der Waals surface area contributed by atoms with Crippen molar-refractivity contribution in [3.05, 3.63) is 65.0 Å². The first-order valence-electron chi connectivity index (χ1n) is 9.63. The van der Waals surface area contributed by atoms with Crippen molar-refractivity contribution in [3.63, 3.8) is 0 Å². The molecule has 0 saturated carbocycles. The number of carbonyl (C=O) groups excluding carboxylic acids is 1. The Hall–Kier alpha value is -2.53. The van der Waals surface area contributed by atoms with E-state index in [1.54, 1.807) is 7.11 Å². The van der Waals surface area contributed by atoms with Crippen molar-refractivity contribution in [1.29, 1.82) is 0 Å². The van der Waals surface area contributed by atoms with Gasteiger partial charge in [-0.2, -0.15) is 0 Å². The number of fused-ring (bicyclic) bond motifs is 4. The Morgan fingerprint density at radius 1 is 1.29 bits per heavy atom. The summed E-state index contributed by atoms with van der Waals surface area (Å²) in [7, 11) is 3.80. The number of methoxy groups -OCH3 is 1. The predicted molar refractivity (Wildman–Crippen MR) is 108 cm³/mol. The number of nitrogens with zero attached hydrogens (tertiary/aromatic N) is 2. The third-order valence-electron chi connectivity index (χ3n) is 6.26. The summed E-state index contributed by atoms with van der Waals surface area (Å²) in [4.78, 5) is 19.8. The fraction of sp³-hybridized carbons (Fsp3) is 0.391. The molecule has 1 saturated heterocycles. The van der Waals surface area contributed by atoms with Crippen LogP contribution in [-0.4, -0.2) is 49.7 Å². The number of ketones is 1. The van der Waals surface area contributed by atoms with Gasteiger partial charge in [-0.05, 0) is 74.0 Å². The number of hydrogen-bond donors (Lipinski definition) is 0. The molecular formula is C23H25FN2O2. The van der Waals surface area contributed by atoms with Gasteiger partial charge in [-0.15, -0.1) is 0 Å². The fourth-order valence-electron chi connectivity index (χ4n) is 4.53. The minimum atomic E-state index is -0.343. The Morgan fingerprint density at radius 3 is 2.75 bits per heavy atom. The van der Waals surface area contributed by atoms with E-state index in [9.17, 15) is 9.18 Å². The Labute approximate surface area is 165 Å². The van der Waals surface area contributed by atoms with Crippen molar-refractivity contribution < 1.29 is 13.9 Å². The average molecular weight is 380 g/mol. The second kappa shape index (κ2) is 7.13. The zero-order valence-corrected chi connectivity index (χ0v) is 16.5. The highest BCUT2D eigenvalue weighted by atomic mass is 19.1. The number of likely N-dealkylation sites (N-methyl/N-ethyl adjacent to an activating group) is 1. The summed E-state index contributed by atoms with van der Waals surface area (Å²) >= 11 is 0. The summed E-state index contributed by atoms with van der Waals surface area (Å²) in [6.45, 7) is 3.30. The van der Waals surface area contributed by atoms with E-state index in [2.05, 4.69) is 31.0 Å². The Kier molecular flexibility index (Phi) is 4.79. The Morgan fingerprint density at radius 2 is 2.04 bits per heavy atom. The van der Waals surface area contributed by atoms with Crippen molar-refractivity contribution in [2.45, 2.75) is 31.2 Å². The zero-order chi connectivity index (χ0) is 19.9. The van der Waals surface area contributed by atoms with E-state index in [1.807, 2.05) is 6.07 Å². The van der Waals surface area contributed by atoms with E-state index in [-0.39, 0.29) is 29.6 Å². The van der Waals surface area contributed by atoms with E-state index < -0.39 is 0 Å². The highest BCUT2D eigenvalue weighted by molar-refractivity contribution is 6.04. The minimum absolute atomic E-state index is 0.0835. The molecule has 2 aromatic carbocycles. The van der Waals surface area contributed by atoms with Gasteiger partial charge in [0.05, 0.1) is 13.2 Å². The smallest absolute Gasteiger partial charge is 0.184 e. The average Bonchev–Trinajstić information content (AvgIpc) is 2.70. The van der Waals surface area contributed by atoms with E-state index in [4.69, 9.17) is 9.73 Å². The number of ether oxygens (including phenoxy) is 1. The maximum absolute atomic E-state index is 13.1. The van der Waals surface area contributed by atoms with Crippen LogP contribution in [0, 0.1) is 5.82 Å². The molecule has 1 aliphatic carbocycles. The van der Waals surface area contributed by atoms with Crippen LogP contribution < -0.4 is 4.74 Å². The molecule has 2 bridgehead atoms. The van der Waals surface area contributed by atoms with E-state index >= 15 is 0 Å². The summed E-state index contributed by atoms with van der Waals surface area (Å²) in [5.74, 6) is 0.414. The van der Waals surface area contributed by atoms with Gasteiger partial charge in [-0.25, -0.2) is 4.39 Å². The topological polar surface area (TPSA) is 41.9 Å². The van der Waals surface area contributed by atoms with Crippen molar-refractivity contribution in [3.8, 4) is 5.75 Å². The van der Waals surface area contributed by atoms with Crippen LogP contribution >= 0.6 is 0 Å². The van der Waals surface area contributed by atoms with E-state index in [0.717, 1.165) is 30.8 Å². The summed E-state index contributed by atoms with van der Waals surface area (Å²) in [5.41, 5.74) is 3.93. The number of Topliss-reactive ketones (excluding diaryl/α,β-unsaturated/α-hetero) is 1. The molecule has 0 N–H and O–H groups in total. The molecule has 4 nitrogen and oxygen atoms in total. The molecule has 28 heavy (non-hydrogen) atoms. The summed E-state index contributed by atoms with van der Waals surface area (Å²) in [6.07, 6.45) is 1.83. The SMILES string of the molecule is COc1ccc2c(c1)C1(C)CCN(C)C(C2)C1=NCC(=O)c1ccc(F)cc1. The largest absolute Gasteiger partial charge is 0.497 e. The Balaban J connectivity index is 1.69. The standard InChI is InChI=1S/C23H25FN2O2/c1-23-10-11-26(2)20(12-16-6-9-18(28-3)13-19(16)23)22(23)25-14-21(27)15-4-7-17(24)8-5-15/h4-9,13,20H,10-12,14H2,1-3H3. The molecule has 4 rings (SSSR count). The summed E-state index contributed by atoms with van der Waals surface area (Å²) in [6, 6.07) is 12.1. The van der Waals surface area contributed by atoms with Gasteiger partial charge in [0.1, 0.15) is 18.1 Å². The summed E-state index contributed by atoms with van der Waals surface area (Å²) < 4.78 is 18.6. The van der Waals surface area contributed by atoms with Gasteiger partial charge in [0.15, 0.2) is 5.78 Å². The quantitative estimate of drug-likeness (QED) is 0.760. The van der Waals surface area contributed by atoms with Crippen LogP contribution in [-0.2, 0) is 11.8 Å². The molecule has 0 aromatic heterocycles. The number of aliphatic imine (C=N–C) groups is 1. The van der Waals surface area contributed by atoms with Gasteiger partial charge in [0, 0.05) is 16.7 Å². The highest BCUT2D eigenvalue weighted by Gasteiger charge is 2.47. The molecule has 2 aromatic rings. The van der Waals surface area contributed by atoms with Gasteiger partial charge >= 0.3 is 0 Å². The first-order chi connectivity index (χ1) is 13.4. The van der Waals surface area contributed by atoms with Gasteiger partial charge in [0.25, 0.3) is 0 Å². The maximum Gasteiger partial charge on any atom is 0.184 e. The number of hydrogen-bond acceptors (Lipinski definition) is 4. The first kappa shape index (κ1) is 18.8. The lowest BCUT2D eigenvalue weighted by molar-refractivity contribution is 0.100. The second-order valence-electron chi connectivity index (χ2n) is 7.94. The normalized spacial score (nSPS) is 25.4. The van der Waals surface area contributed by atoms with Crippen LogP contribution in [0.4, 0.5) is 4.39 Å². The van der Waals surface area contributed by atoms with Crippen molar-refractivity contribution in [1.82, 2.24) is 4.90 Å². The molecule has 0 radical (unpaired) electrons. The molecule has 0 spiro atoms. The molecule has 5 heteroatoms. The van der Waals surface area contributed by atoms with Crippen LogP contribution in [0.2, 0.25) is 0 Å². The number of piperidine rings is 1. The first-order valence-corrected chi connectivity index (χ1v) is 9.63. The molecule has 146 valence electrons. The van der Waals surface area contributed by atoms with Crippen molar-refractivity contribution in [2.75, 3.05) is 27.2 Å². The number of halogens is 1. The number of carbonyl (C=O) groups is 1. The van der Waals surface area contributed by atoms with Crippen LogP contribution in [0.5, 0.6) is 5.75 Å².